The monoisotopic (exact) mass is 253 g/mol. The van der Waals surface area contributed by atoms with Crippen LogP contribution in [0.4, 0.5) is 0 Å². The van der Waals surface area contributed by atoms with Crippen molar-refractivity contribution in [2.45, 2.75) is 70.9 Å². The van der Waals surface area contributed by atoms with Gasteiger partial charge >= 0.3 is 5.97 Å². The highest BCUT2D eigenvalue weighted by Gasteiger charge is 2.28. The number of nitrogens with zero attached hydrogens (tertiary/aromatic N) is 1. The lowest BCUT2D eigenvalue weighted by molar-refractivity contribution is -0.154. The first kappa shape index (κ1) is 13.9. The Morgan fingerprint density at radius 1 is 1.06 bits per heavy atom. The van der Waals surface area contributed by atoms with E-state index in [0.29, 0.717) is 0 Å². The summed E-state index contributed by atoms with van der Waals surface area (Å²) in [6.07, 6.45) is 8.83. The number of hydrogen-bond donors (Lipinski definition) is 0. The maximum Gasteiger partial charge on any atom is 0.308 e. The van der Waals surface area contributed by atoms with E-state index in [1.807, 2.05) is 13.8 Å². The Labute approximate surface area is 111 Å². The molecule has 0 aromatic carbocycles. The SMILES string of the molecule is CC(C)C(=O)OC1CCC(N2CCCCC2)CC1. The highest BCUT2D eigenvalue weighted by atomic mass is 16.5. The van der Waals surface area contributed by atoms with Gasteiger partial charge in [0.05, 0.1) is 5.92 Å². The van der Waals surface area contributed by atoms with Crippen LogP contribution in [0.25, 0.3) is 0 Å². The van der Waals surface area contributed by atoms with E-state index in [2.05, 4.69) is 4.90 Å². The molecule has 1 saturated heterocycles. The van der Waals surface area contributed by atoms with Crippen molar-refractivity contribution in [3.8, 4) is 0 Å². The average Bonchev–Trinajstić information content (AvgIpc) is 2.40. The molecule has 1 aliphatic heterocycles. The molecule has 18 heavy (non-hydrogen) atoms. The maximum absolute atomic E-state index is 11.6. The van der Waals surface area contributed by atoms with Crippen LogP contribution in [0.1, 0.15) is 58.8 Å². The molecule has 3 heteroatoms. The van der Waals surface area contributed by atoms with Crippen LogP contribution in [0.15, 0.2) is 0 Å². The predicted octanol–water partition coefficient (Wildman–Crippen LogP) is 2.98. The van der Waals surface area contributed by atoms with E-state index in [1.165, 1.54) is 45.2 Å². The quantitative estimate of drug-likeness (QED) is 0.724. The summed E-state index contributed by atoms with van der Waals surface area (Å²) in [5.41, 5.74) is 0. The second kappa shape index (κ2) is 6.55. The van der Waals surface area contributed by atoms with E-state index in [4.69, 9.17) is 4.74 Å². The lowest BCUT2D eigenvalue weighted by atomic mass is 9.90. The van der Waals surface area contributed by atoms with Crippen molar-refractivity contribution < 1.29 is 9.53 Å². The van der Waals surface area contributed by atoms with Crippen molar-refractivity contribution in [2.24, 2.45) is 5.92 Å². The van der Waals surface area contributed by atoms with E-state index in [0.717, 1.165) is 18.9 Å². The molecule has 2 aliphatic rings. The minimum absolute atomic E-state index is 0.00446. The van der Waals surface area contributed by atoms with Crippen LogP contribution >= 0.6 is 0 Å². The third-order valence-corrected chi connectivity index (χ3v) is 4.31. The second-order valence-electron chi connectivity index (χ2n) is 6.12. The molecule has 0 atom stereocenters. The van der Waals surface area contributed by atoms with Gasteiger partial charge in [0, 0.05) is 6.04 Å². The van der Waals surface area contributed by atoms with Gasteiger partial charge in [-0.15, -0.1) is 0 Å². The summed E-state index contributed by atoms with van der Waals surface area (Å²) in [5.74, 6) is -0.0266. The number of carbonyl (C=O) groups is 1. The van der Waals surface area contributed by atoms with Gasteiger partial charge in [-0.2, -0.15) is 0 Å². The Morgan fingerprint density at radius 2 is 1.67 bits per heavy atom. The molecule has 0 spiro atoms. The molecule has 0 amide bonds. The Morgan fingerprint density at radius 3 is 2.22 bits per heavy atom. The summed E-state index contributed by atoms with van der Waals surface area (Å²) >= 11 is 0. The predicted molar refractivity (Wildman–Crippen MR) is 72.4 cm³/mol. The zero-order valence-corrected chi connectivity index (χ0v) is 11.9. The van der Waals surface area contributed by atoms with Crippen molar-refractivity contribution in [3.05, 3.63) is 0 Å². The fraction of sp³-hybridized carbons (Fsp3) is 0.933. The molecule has 0 radical (unpaired) electrons. The van der Waals surface area contributed by atoms with Crippen LogP contribution in [0.2, 0.25) is 0 Å². The third kappa shape index (κ3) is 3.71. The molecule has 2 rings (SSSR count). The van der Waals surface area contributed by atoms with Gasteiger partial charge in [-0.05, 0) is 51.6 Å². The average molecular weight is 253 g/mol. The Balaban J connectivity index is 1.72. The van der Waals surface area contributed by atoms with Gasteiger partial charge in [-0.25, -0.2) is 0 Å². The summed E-state index contributed by atoms with van der Waals surface area (Å²) in [6.45, 7) is 6.37. The summed E-state index contributed by atoms with van der Waals surface area (Å²) in [7, 11) is 0. The molecule has 1 saturated carbocycles. The Bertz CT molecular complexity index is 264. The largest absolute Gasteiger partial charge is 0.462 e. The number of carbonyl (C=O) groups excluding carboxylic acids is 1. The minimum atomic E-state index is -0.0311. The van der Waals surface area contributed by atoms with Crippen LogP contribution in [-0.4, -0.2) is 36.1 Å². The molecule has 0 bridgehead atoms. The summed E-state index contributed by atoms with van der Waals surface area (Å²) in [4.78, 5) is 14.2. The zero-order chi connectivity index (χ0) is 13.0. The van der Waals surface area contributed by atoms with Crippen LogP contribution < -0.4 is 0 Å². The lowest BCUT2D eigenvalue weighted by Gasteiger charge is -2.38. The molecule has 1 aliphatic carbocycles. The molecular formula is C15H27NO2. The number of piperidine rings is 1. The fourth-order valence-corrected chi connectivity index (χ4v) is 3.11. The first-order valence-electron chi connectivity index (χ1n) is 7.61. The fourth-order valence-electron chi connectivity index (χ4n) is 3.11. The van der Waals surface area contributed by atoms with Crippen LogP contribution in [0.3, 0.4) is 0 Å². The summed E-state index contributed by atoms with van der Waals surface area (Å²) < 4.78 is 5.53. The van der Waals surface area contributed by atoms with E-state index in [9.17, 15) is 4.79 Å². The number of hydrogen-bond acceptors (Lipinski definition) is 3. The van der Waals surface area contributed by atoms with Crippen molar-refractivity contribution in [1.29, 1.82) is 0 Å². The van der Waals surface area contributed by atoms with E-state index in [1.54, 1.807) is 0 Å². The van der Waals surface area contributed by atoms with Crippen molar-refractivity contribution in [3.63, 3.8) is 0 Å². The smallest absolute Gasteiger partial charge is 0.308 e. The van der Waals surface area contributed by atoms with Gasteiger partial charge < -0.3 is 9.64 Å². The van der Waals surface area contributed by atoms with Crippen LogP contribution in [0.5, 0.6) is 0 Å². The van der Waals surface area contributed by atoms with Gasteiger partial charge in [0.1, 0.15) is 6.10 Å². The maximum atomic E-state index is 11.6. The molecule has 0 aromatic rings. The number of ether oxygens (including phenoxy) is 1. The topological polar surface area (TPSA) is 29.5 Å². The number of esters is 1. The number of rotatable bonds is 3. The summed E-state index contributed by atoms with van der Waals surface area (Å²) in [5, 5.41) is 0. The van der Waals surface area contributed by atoms with Crippen LogP contribution in [-0.2, 0) is 9.53 Å². The van der Waals surface area contributed by atoms with Gasteiger partial charge in [-0.3, -0.25) is 4.79 Å². The van der Waals surface area contributed by atoms with E-state index >= 15 is 0 Å². The van der Waals surface area contributed by atoms with Gasteiger partial charge in [0.15, 0.2) is 0 Å². The molecule has 3 nitrogen and oxygen atoms in total. The van der Waals surface area contributed by atoms with Gasteiger partial charge in [0.25, 0.3) is 0 Å². The van der Waals surface area contributed by atoms with Crippen molar-refractivity contribution in [1.82, 2.24) is 4.90 Å². The van der Waals surface area contributed by atoms with Crippen LogP contribution in [0, 0.1) is 5.92 Å². The van der Waals surface area contributed by atoms with Gasteiger partial charge in [-0.1, -0.05) is 20.3 Å². The molecule has 0 unspecified atom stereocenters. The zero-order valence-electron chi connectivity index (χ0n) is 11.9. The normalized spacial score (nSPS) is 30.4. The van der Waals surface area contributed by atoms with E-state index in [-0.39, 0.29) is 18.0 Å². The molecule has 0 N–H and O–H groups in total. The molecular weight excluding hydrogens is 226 g/mol. The van der Waals surface area contributed by atoms with Crippen molar-refractivity contribution >= 4 is 5.97 Å². The standard InChI is InChI=1S/C15H27NO2/c1-12(2)15(17)18-14-8-6-13(7-9-14)16-10-4-3-5-11-16/h12-14H,3-11H2,1-2H3. The first-order valence-corrected chi connectivity index (χ1v) is 7.61. The Hall–Kier alpha value is -0.570. The number of likely N-dealkylation sites (tertiary alicyclic amines) is 1. The van der Waals surface area contributed by atoms with Crippen molar-refractivity contribution in [2.75, 3.05) is 13.1 Å². The molecule has 2 fully saturated rings. The Kier molecular flexibility index (Phi) is 5.04. The molecule has 0 aromatic heterocycles. The van der Waals surface area contributed by atoms with E-state index < -0.39 is 0 Å². The third-order valence-electron chi connectivity index (χ3n) is 4.31. The lowest BCUT2D eigenvalue weighted by Crippen LogP contribution is -2.42. The van der Waals surface area contributed by atoms with Gasteiger partial charge in [0.2, 0.25) is 0 Å². The molecule has 104 valence electrons. The minimum Gasteiger partial charge on any atom is -0.462 e. The highest BCUT2D eigenvalue weighted by molar-refractivity contribution is 5.71. The highest BCUT2D eigenvalue weighted by Crippen LogP contribution is 2.27. The molecule has 1 heterocycles. The summed E-state index contributed by atoms with van der Waals surface area (Å²) in [6, 6.07) is 0.749. The first-order chi connectivity index (χ1) is 8.66. The second-order valence-corrected chi connectivity index (χ2v) is 6.12.